The molecule has 2 heteroatoms. The summed E-state index contributed by atoms with van der Waals surface area (Å²) in [6.07, 6.45) is 2.16. The van der Waals surface area contributed by atoms with E-state index < -0.39 is 0 Å². The Morgan fingerprint density at radius 2 is 1.60 bits per heavy atom. The summed E-state index contributed by atoms with van der Waals surface area (Å²) in [5.41, 5.74) is 13.9. The highest BCUT2D eigenvalue weighted by atomic mass is 15.1. The Kier molecular flexibility index (Phi) is 3.39. The third-order valence-corrected chi connectivity index (χ3v) is 4.23. The van der Waals surface area contributed by atoms with E-state index in [0.29, 0.717) is 0 Å². The number of hydrogen-bond acceptors (Lipinski definition) is 2. The fourth-order valence-corrected chi connectivity index (χ4v) is 3.19. The molecule has 20 heavy (non-hydrogen) atoms. The van der Waals surface area contributed by atoms with Crippen LogP contribution in [0.5, 0.6) is 0 Å². The number of rotatable bonds is 3. The summed E-state index contributed by atoms with van der Waals surface area (Å²) in [6.45, 7) is 6.45. The Morgan fingerprint density at radius 1 is 0.950 bits per heavy atom. The van der Waals surface area contributed by atoms with Crippen LogP contribution in [-0.2, 0) is 25.9 Å². The molecule has 0 saturated heterocycles. The van der Waals surface area contributed by atoms with Crippen molar-refractivity contribution < 1.29 is 0 Å². The predicted molar refractivity (Wildman–Crippen MR) is 85.9 cm³/mol. The molecule has 0 bridgehead atoms. The van der Waals surface area contributed by atoms with Crippen molar-refractivity contribution in [3.8, 4) is 0 Å². The van der Waals surface area contributed by atoms with E-state index in [1.165, 1.54) is 27.9 Å². The molecule has 2 N–H and O–H groups in total. The van der Waals surface area contributed by atoms with E-state index in [4.69, 9.17) is 5.73 Å². The smallest absolute Gasteiger partial charge is 0.0437 e. The first kappa shape index (κ1) is 13.0. The molecule has 0 amide bonds. The Balaban J connectivity index is 2.00. The van der Waals surface area contributed by atoms with Gasteiger partial charge in [-0.05, 0) is 47.2 Å². The minimum Gasteiger partial charge on any atom is -0.399 e. The molecule has 2 aromatic rings. The van der Waals surface area contributed by atoms with Crippen molar-refractivity contribution in [2.45, 2.75) is 39.8 Å². The van der Waals surface area contributed by atoms with Gasteiger partial charge in [0.05, 0.1) is 0 Å². The summed E-state index contributed by atoms with van der Waals surface area (Å²) in [5, 5.41) is 0. The molecule has 1 heterocycles. The van der Waals surface area contributed by atoms with Crippen LogP contribution in [0.15, 0.2) is 36.4 Å². The van der Waals surface area contributed by atoms with E-state index in [2.05, 4.69) is 49.1 Å². The highest BCUT2D eigenvalue weighted by Gasteiger charge is 2.22. The maximum Gasteiger partial charge on any atom is 0.0437 e. The van der Waals surface area contributed by atoms with Gasteiger partial charge in [0.1, 0.15) is 0 Å². The third kappa shape index (κ3) is 2.15. The lowest BCUT2D eigenvalue weighted by atomic mass is 10.0. The Bertz CT molecular complexity index is 609. The Labute approximate surface area is 121 Å². The van der Waals surface area contributed by atoms with Gasteiger partial charge in [0.2, 0.25) is 0 Å². The lowest BCUT2D eigenvalue weighted by Crippen LogP contribution is -2.18. The summed E-state index contributed by atoms with van der Waals surface area (Å²) in [7, 11) is 0. The fraction of sp³-hybridized carbons (Fsp3) is 0.333. The van der Waals surface area contributed by atoms with Crippen LogP contribution in [0.25, 0.3) is 0 Å². The van der Waals surface area contributed by atoms with Gasteiger partial charge >= 0.3 is 0 Å². The van der Waals surface area contributed by atoms with E-state index in [1.54, 1.807) is 0 Å². The van der Waals surface area contributed by atoms with Gasteiger partial charge in [0.25, 0.3) is 0 Å². The highest BCUT2D eigenvalue weighted by Crippen LogP contribution is 2.34. The number of anilines is 2. The molecule has 2 aromatic carbocycles. The maximum absolute atomic E-state index is 5.91. The fourth-order valence-electron chi connectivity index (χ4n) is 3.19. The number of para-hydroxylation sites is 1. The van der Waals surface area contributed by atoms with E-state index in [1.807, 2.05) is 6.07 Å². The van der Waals surface area contributed by atoms with Gasteiger partial charge in [-0.25, -0.2) is 0 Å². The molecule has 3 rings (SSSR count). The van der Waals surface area contributed by atoms with Gasteiger partial charge in [0, 0.05) is 24.5 Å². The minimum absolute atomic E-state index is 0.866. The van der Waals surface area contributed by atoms with Crippen molar-refractivity contribution >= 4 is 11.4 Å². The molecule has 0 spiro atoms. The predicted octanol–water partition coefficient (Wildman–Crippen LogP) is 3.91. The second-order valence-corrected chi connectivity index (χ2v) is 5.52. The third-order valence-electron chi connectivity index (χ3n) is 4.23. The van der Waals surface area contributed by atoms with Gasteiger partial charge in [-0.15, -0.1) is 0 Å². The zero-order chi connectivity index (χ0) is 14.1. The van der Waals surface area contributed by atoms with E-state index >= 15 is 0 Å². The second kappa shape index (κ2) is 5.20. The largest absolute Gasteiger partial charge is 0.399 e. The molecule has 0 unspecified atom stereocenters. The van der Waals surface area contributed by atoms with Crippen LogP contribution in [-0.4, -0.2) is 0 Å². The summed E-state index contributed by atoms with van der Waals surface area (Å²) in [5.74, 6) is 0. The van der Waals surface area contributed by atoms with Gasteiger partial charge in [-0.2, -0.15) is 0 Å². The summed E-state index contributed by atoms with van der Waals surface area (Å²) < 4.78 is 0. The maximum atomic E-state index is 5.91. The van der Waals surface area contributed by atoms with Gasteiger partial charge in [-0.1, -0.05) is 38.1 Å². The Hall–Kier alpha value is -1.96. The van der Waals surface area contributed by atoms with Crippen molar-refractivity contribution in [1.29, 1.82) is 0 Å². The molecular formula is C18H22N2. The molecule has 0 atom stereocenters. The first-order chi connectivity index (χ1) is 9.72. The van der Waals surface area contributed by atoms with E-state index in [-0.39, 0.29) is 0 Å². The quantitative estimate of drug-likeness (QED) is 0.853. The topological polar surface area (TPSA) is 29.3 Å². The van der Waals surface area contributed by atoms with Gasteiger partial charge < -0.3 is 10.6 Å². The molecule has 0 saturated carbocycles. The monoisotopic (exact) mass is 266 g/mol. The van der Waals surface area contributed by atoms with Crippen molar-refractivity contribution in [2.75, 3.05) is 10.6 Å². The van der Waals surface area contributed by atoms with Crippen LogP contribution in [0.4, 0.5) is 11.4 Å². The molecule has 0 aromatic heterocycles. The zero-order valence-corrected chi connectivity index (χ0v) is 12.3. The molecule has 0 radical (unpaired) electrons. The van der Waals surface area contributed by atoms with Crippen LogP contribution in [0.3, 0.4) is 0 Å². The summed E-state index contributed by atoms with van der Waals surface area (Å²) >= 11 is 0. The number of aryl methyl sites for hydroxylation is 2. The normalized spacial score (nSPS) is 13.6. The van der Waals surface area contributed by atoms with Crippen molar-refractivity contribution in [3.63, 3.8) is 0 Å². The molecule has 0 fully saturated rings. The average molecular weight is 266 g/mol. The lowest BCUT2D eigenvalue weighted by molar-refractivity contribution is 0.855. The van der Waals surface area contributed by atoms with Crippen molar-refractivity contribution in [3.05, 3.63) is 58.7 Å². The van der Waals surface area contributed by atoms with Crippen LogP contribution in [0, 0.1) is 0 Å². The summed E-state index contributed by atoms with van der Waals surface area (Å²) in [4.78, 5) is 2.50. The number of nitrogens with zero attached hydrogens (tertiary/aromatic N) is 1. The van der Waals surface area contributed by atoms with Crippen LogP contribution < -0.4 is 10.6 Å². The van der Waals surface area contributed by atoms with Crippen LogP contribution in [0.2, 0.25) is 0 Å². The first-order valence-electron chi connectivity index (χ1n) is 7.46. The molecule has 2 nitrogen and oxygen atoms in total. The standard InChI is InChI=1S/C18H22N2/c1-3-13-6-5-7-14(4-2)18(13)20-11-15-8-9-17(19)10-16(15)12-20/h5-10H,3-4,11-12,19H2,1-2H3. The second-order valence-electron chi connectivity index (χ2n) is 5.52. The number of benzene rings is 2. The van der Waals surface area contributed by atoms with Crippen molar-refractivity contribution in [2.24, 2.45) is 0 Å². The SMILES string of the molecule is CCc1cccc(CC)c1N1Cc2ccc(N)cc2C1. The van der Waals surface area contributed by atoms with Gasteiger partial charge in [-0.3, -0.25) is 0 Å². The van der Waals surface area contributed by atoms with Crippen LogP contribution in [0.1, 0.15) is 36.1 Å². The highest BCUT2D eigenvalue weighted by molar-refractivity contribution is 5.63. The number of fused-ring (bicyclic) bond motifs is 1. The molecule has 104 valence electrons. The van der Waals surface area contributed by atoms with Crippen molar-refractivity contribution in [1.82, 2.24) is 0 Å². The molecule has 0 aliphatic carbocycles. The number of nitrogen functional groups attached to an aromatic ring is 1. The van der Waals surface area contributed by atoms with E-state index in [0.717, 1.165) is 31.6 Å². The lowest BCUT2D eigenvalue weighted by Gasteiger charge is -2.24. The summed E-state index contributed by atoms with van der Waals surface area (Å²) in [6, 6.07) is 13.0. The average Bonchev–Trinajstić information content (AvgIpc) is 2.88. The first-order valence-corrected chi connectivity index (χ1v) is 7.46. The zero-order valence-electron chi connectivity index (χ0n) is 12.3. The molecular weight excluding hydrogens is 244 g/mol. The Morgan fingerprint density at radius 3 is 2.25 bits per heavy atom. The van der Waals surface area contributed by atoms with Crippen LogP contribution >= 0.6 is 0 Å². The molecule has 1 aliphatic heterocycles. The van der Waals surface area contributed by atoms with E-state index in [9.17, 15) is 0 Å². The number of hydrogen-bond donors (Lipinski definition) is 1. The number of nitrogens with two attached hydrogens (primary N) is 1. The van der Waals surface area contributed by atoms with Gasteiger partial charge in [0.15, 0.2) is 0 Å². The molecule has 1 aliphatic rings. The minimum atomic E-state index is 0.866.